The van der Waals surface area contributed by atoms with Gasteiger partial charge in [-0.05, 0) is 69.0 Å². The molecular formula is C22H14N2O2. The van der Waals surface area contributed by atoms with Gasteiger partial charge in [0.2, 0.25) is 0 Å². The molecule has 8 bridgehead atoms. The first-order valence-electron chi connectivity index (χ1n) is 10.6. The summed E-state index contributed by atoms with van der Waals surface area (Å²) >= 11 is 0. The Kier molecular flexibility index (Phi) is 0.959. The van der Waals surface area contributed by atoms with E-state index >= 15 is 0 Å². The largest absolute Gasteiger partial charge is 0.299 e. The maximum absolute atomic E-state index is 13.6. The molecule has 13 rings (SSSR count). The molecule has 13 saturated carbocycles. The summed E-state index contributed by atoms with van der Waals surface area (Å²) in [5.41, 5.74) is 0.0228. The van der Waals surface area contributed by atoms with Gasteiger partial charge in [-0.1, -0.05) is 0 Å². The average Bonchev–Trinajstić information content (AvgIpc) is 3.41. The predicted molar refractivity (Wildman–Crippen MR) is 79.8 cm³/mol. The number of hydrogen-bond acceptors (Lipinski definition) is 4. The first-order valence-corrected chi connectivity index (χ1v) is 10.6. The Bertz CT molecular complexity index is 988. The molecule has 124 valence electrons. The lowest BCUT2D eigenvalue weighted by Crippen LogP contribution is -2.73. The van der Waals surface area contributed by atoms with Gasteiger partial charge in [-0.25, -0.2) is 0 Å². The van der Waals surface area contributed by atoms with E-state index < -0.39 is 0 Å². The molecule has 13 aliphatic rings. The van der Waals surface area contributed by atoms with E-state index in [-0.39, 0.29) is 57.2 Å². The Morgan fingerprint density at radius 2 is 0.885 bits per heavy atom. The van der Waals surface area contributed by atoms with Crippen LogP contribution in [0.25, 0.3) is 0 Å². The smallest absolute Gasteiger partial charge is 0.140 e. The van der Waals surface area contributed by atoms with Crippen LogP contribution in [0, 0.1) is 127 Å². The maximum Gasteiger partial charge on any atom is 0.140 e. The molecule has 0 N–H and O–H groups in total. The van der Waals surface area contributed by atoms with Crippen LogP contribution in [0.4, 0.5) is 0 Å². The average molecular weight is 338 g/mol. The molecule has 0 aromatic heterocycles. The molecule has 0 amide bonds. The van der Waals surface area contributed by atoms with Crippen molar-refractivity contribution < 1.29 is 9.59 Å². The van der Waals surface area contributed by atoms with E-state index in [0.29, 0.717) is 58.9 Å². The molecule has 4 nitrogen and oxygen atoms in total. The fraction of sp³-hybridized carbons (Fsp3) is 0.818. The lowest BCUT2D eigenvalue weighted by Gasteiger charge is -2.73. The van der Waals surface area contributed by atoms with E-state index in [2.05, 4.69) is 12.1 Å². The summed E-state index contributed by atoms with van der Waals surface area (Å²) in [7, 11) is 0. The third kappa shape index (κ3) is 0.405. The second-order valence-electron chi connectivity index (χ2n) is 11.9. The molecule has 0 aromatic carbocycles. The summed E-state index contributed by atoms with van der Waals surface area (Å²) < 4.78 is 0. The topological polar surface area (TPSA) is 81.7 Å². The molecule has 0 heterocycles. The van der Waals surface area contributed by atoms with Gasteiger partial charge < -0.3 is 0 Å². The van der Waals surface area contributed by atoms with Gasteiger partial charge in [0.05, 0.1) is 24.0 Å². The van der Waals surface area contributed by atoms with Crippen LogP contribution in [-0.2, 0) is 9.59 Å². The lowest BCUT2D eigenvalue weighted by atomic mass is 9.28. The van der Waals surface area contributed by atoms with Gasteiger partial charge in [0.15, 0.2) is 0 Å². The normalized spacial score (nSPS) is 91.0. The van der Waals surface area contributed by atoms with Gasteiger partial charge in [-0.2, -0.15) is 10.5 Å². The molecule has 4 spiro atoms. The number of Topliss-reactive ketones (excluding diaryl/α,β-unsaturated/α-hetero) is 2. The van der Waals surface area contributed by atoms with Crippen molar-refractivity contribution in [1.82, 2.24) is 0 Å². The number of ketones is 2. The minimum atomic E-state index is 0.00569. The van der Waals surface area contributed by atoms with Crippen LogP contribution < -0.4 is 0 Å². The quantitative estimate of drug-likeness (QED) is 0.657. The van der Waals surface area contributed by atoms with E-state index in [1.165, 1.54) is 0 Å². The summed E-state index contributed by atoms with van der Waals surface area (Å²) in [6, 6.07) is 5.50. The number of carbonyl (C=O) groups excluding carboxylic acids is 2. The molecule has 4 heteroatoms. The van der Waals surface area contributed by atoms with Crippen molar-refractivity contribution in [3.8, 4) is 12.1 Å². The van der Waals surface area contributed by atoms with Crippen molar-refractivity contribution in [3.05, 3.63) is 0 Å². The number of carbonyl (C=O) groups is 2. The fourth-order valence-corrected chi connectivity index (χ4v) is 16.4. The van der Waals surface area contributed by atoms with Crippen LogP contribution in [0.5, 0.6) is 0 Å². The van der Waals surface area contributed by atoms with E-state index in [4.69, 9.17) is 0 Å². The van der Waals surface area contributed by atoms with Crippen LogP contribution in [0.1, 0.15) is 0 Å². The number of rotatable bonds is 0. The maximum atomic E-state index is 13.6. The lowest BCUT2D eigenvalue weighted by molar-refractivity contribution is -0.297. The minimum absolute atomic E-state index is 0.00569. The van der Waals surface area contributed by atoms with E-state index in [9.17, 15) is 20.1 Å². The standard InChI is InChI=1S/C22H14N2O2/c23-1-3-9-5-6-10(3)20-14-8-7-13(17(14)25)19(9,20)21-11(5)4(2-24)12(6)22(20,21)16(8)18(26)15(7)21/h3-16H. The highest BCUT2D eigenvalue weighted by molar-refractivity contribution is 6.08. The summed E-state index contributed by atoms with van der Waals surface area (Å²) in [6.07, 6.45) is 0. The molecular weight excluding hydrogens is 324 g/mol. The highest BCUT2D eigenvalue weighted by atomic mass is 16.1. The third-order valence-corrected chi connectivity index (χ3v) is 14.0. The highest BCUT2D eigenvalue weighted by Gasteiger charge is 3.24. The third-order valence-electron chi connectivity index (χ3n) is 14.0. The highest BCUT2D eigenvalue weighted by Crippen LogP contribution is 3.22. The zero-order valence-corrected chi connectivity index (χ0v) is 13.8. The van der Waals surface area contributed by atoms with Gasteiger partial charge in [0.25, 0.3) is 0 Å². The van der Waals surface area contributed by atoms with Crippen molar-refractivity contribution in [2.75, 3.05) is 0 Å². The van der Waals surface area contributed by atoms with Crippen molar-refractivity contribution in [2.45, 2.75) is 0 Å². The number of hydrogen-bond donors (Lipinski definition) is 0. The SMILES string of the molecule is N#CC1C2C3C4C1C15C6C(=O)C7C8C6C6C(=O)C8C8(C3C(C#N)C4C618)C725. The minimum Gasteiger partial charge on any atom is -0.299 e. The van der Waals surface area contributed by atoms with Crippen LogP contribution in [0.2, 0.25) is 0 Å². The van der Waals surface area contributed by atoms with E-state index in [0.717, 1.165) is 0 Å². The molecule has 8 unspecified atom stereocenters. The Labute approximate surface area is 148 Å². The zero-order valence-electron chi connectivity index (χ0n) is 13.8. The Hall–Kier alpha value is -1.68. The fourth-order valence-electron chi connectivity index (χ4n) is 16.4. The van der Waals surface area contributed by atoms with Gasteiger partial charge in [-0.15, -0.1) is 0 Å². The second kappa shape index (κ2) is 2.22. The predicted octanol–water partition coefficient (Wildman–Crippen LogP) is 0.894. The van der Waals surface area contributed by atoms with Crippen LogP contribution in [0.15, 0.2) is 0 Å². The molecule has 13 fully saturated rings. The monoisotopic (exact) mass is 338 g/mol. The van der Waals surface area contributed by atoms with Crippen molar-refractivity contribution in [3.63, 3.8) is 0 Å². The molecule has 13 aliphatic carbocycles. The summed E-state index contributed by atoms with van der Waals surface area (Å²) in [6.45, 7) is 0. The summed E-state index contributed by atoms with van der Waals surface area (Å²) in [4.78, 5) is 27.3. The molecule has 0 radical (unpaired) electrons. The van der Waals surface area contributed by atoms with Gasteiger partial charge in [0.1, 0.15) is 11.6 Å². The molecule has 0 saturated heterocycles. The Morgan fingerprint density at radius 3 is 1.15 bits per heavy atom. The second-order valence-corrected chi connectivity index (χ2v) is 11.9. The number of nitriles is 2. The van der Waals surface area contributed by atoms with Crippen LogP contribution in [0.3, 0.4) is 0 Å². The Morgan fingerprint density at radius 1 is 0.577 bits per heavy atom. The van der Waals surface area contributed by atoms with E-state index in [1.54, 1.807) is 0 Å². The van der Waals surface area contributed by atoms with Gasteiger partial charge in [-0.3, -0.25) is 9.59 Å². The van der Waals surface area contributed by atoms with Gasteiger partial charge in [0, 0.05) is 23.7 Å². The molecule has 8 atom stereocenters. The first kappa shape index (κ1) is 11.2. The van der Waals surface area contributed by atoms with Crippen molar-refractivity contribution in [1.29, 1.82) is 10.5 Å². The van der Waals surface area contributed by atoms with Crippen molar-refractivity contribution in [2.24, 2.45) is 105 Å². The van der Waals surface area contributed by atoms with Gasteiger partial charge >= 0.3 is 0 Å². The van der Waals surface area contributed by atoms with Crippen LogP contribution in [-0.4, -0.2) is 11.6 Å². The van der Waals surface area contributed by atoms with Crippen molar-refractivity contribution >= 4 is 11.6 Å². The molecule has 0 aromatic rings. The molecule has 26 heavy (non-hydrogen) atoms. The Balaban J connectivity index is 1.48. The summed E-state index contributed by atoms with van der Waals surface area (Å²) in [5, 5.41) is 20.3. The zero-order chi connectivity index (χ0) is 16.7. The van der Waals surface area contributed by atoms with E-state index in [1.807, 2.05) is 0 Å². The molecule has 0 aliphatic heterocycles. The first-order chi connectivity index (χ1) is 12.7. The van der Waals surface area contributed by atoms with Crippen LogP contribution >= 0.6 is 0 Å². The summed E-state index contributed by atoms with van der Waals surface area (Å²) in [5.74, 6) is 4.88. The number of nitrogens with zero attached hydrogens (tertiary/aromatic N) is 2.